The summed E-state index contributed by atoms with van der Waals surface area (Å²) in [4.78, 5) is 7.95. The van der Waals surface area contributed by atoms with Gasteiger partial charge in [0.2, 0.25) is 0 Å². The average molecular weight is 248 g/mol. The Morgan fingerprint density at radius 2 is 2.18 bits per heavy atom. The molecule has 17 heavy (non-hydrogen) atoms. The van der Waals surface area contributed by atoms with Gasteiger partial charge in [0.15, 0.2) is 0 Å². The lowest BCUT2D eigenvalue weighted by Gasteiger charge is -2.08. The Kier molecular flexibility index (Phi) is 3.31. The summed E-state index contributed by atoms with van der Waals surface area (Å²) >= 11 is 5.68. The molecule has 0 bridgehead atoms. The molecule has 0 aliphatic heterocycles. The van der Waals surface area contributed by atoms with Gasteiger partial charge < -0.3 is 0 Å². The summed E-state index contributed by atoms with van der Waals surface area (Å²) in [5.74, 6) is -1.10. The molecular weight excluding hydrogens is 241 g/mol. The van der Waals surface area contributed by atoms with E-state index in [2.05, 4.69) is 16.0 Å². The Bertz CT molecular complexity index is 566. The molecule has 84 valence electrons. The van der Waals surface area contributed by atoms with Gasteiger partial charge in [0, 0.05) is 12.4 Å². The van der Waals surface area contributed by atoms with Crippen LogP contribution in [-0.4, -0.2) is 9.97 Å². The van der Waals surface area contributed by atoms with Crippen molar-refractivity contribution in [3.63, 3.8) is 0 Å². The second-order valence-electron chi connectivity index (χ2n) is 3.37. The minimum Gasteiger partial charge on any atom is -0.261 e. The van der Waals surface area contributed by atoms with Gasteiger partial charge in [0.1, 0.15) is 11.7 Å². The van der Waals surface area contributed by atoms with Crippen molar-refractivity contribution in [3.05, 3.63) is 58.9 Å². The maximum atomic E-state index is 13.0. The average Bonchev–Trinajstić information content (AvgIpc) is 2.36. The number of benzene rings is 1. The molecule has 1 atom stereocenters. The van der Waals surface area contributed by atoms with Crippen molar-refractivity contribution >= 4 is 11.6 Å². The molecule has 0 amide bonds. The third-order valence-corrected chi connectivity index (χ3v) is 2.57. The van der Waals surface area contributed by atoms with Crippen molar-refractivity contribution in [3.8, 4) is 6.07 Å². The van der Waals surface area contributed by atoms with Gasteiger partial charge in [-0.1, -0.05) is 17.7 Å². The minimum atomic E-state index is -0.596. The molecule has 0 fully saturated rings. The zero-order valence-corrected chi connectivity index (χ0v) is 9.39. The van der Waals surface area contributed by atoms with Crippen LogP contribution in [0.25, 0.3) is 0 Å². The first kappa shape index (κ1) is 11.5. The largest absolute Gasteiger partial charge is 0.261 e. The first-order chi connectivity index (χ1) is 8.22. The molecule has 0 N–H and O–H groups in total. The predicted octanol–water partition coefficient (Wildman–Crippen LogP) is 2.92. The highest BCUT2D eigenvalue weighted by Gasteiger charge is 2.16. The zero-order chi connectivity index (χ0) is 12.3. The number of hydrogen-bond acceptors (Lipinski definition) is 3. The molecule has 2 rings (SSSR count). The van der Waals surface area contributed by atoms with Gasteiger partial charge >= 0.3 is 0 Å². The molecule has 1 aromatic heterocycles. The van der Waals surface area contributed by atoms with Crippen LogP contribution >= 0.6 is 11.6 Å². The maximum absolute atomic E-state index is 13.0. The van der Waals surface area contributed by atoms with E-state index in [1.165, 1.54) is 36.8 Å². The van der Waals surface area contributed by atoms with Crippen molar-refractivity contribution in [2.75, 3.05) is 0 Å². The van der Waals surface area contributed by atoms with Crippen molar-refractivity contribution in [1.29, 1.82) is 5.26 Å². The second kappa shape index (κ2) is 4.89. The standard InChI is InChI=1S/C12H7ClFN3/c13-10-5-8(1-2-11(10)14)9(6-15)12-7-16-3-4-17-12/h1-5,7,9H. The number of hydrogen-bond donors (Lipinski definition) is 0. The van der Waals surface area contributed by atoms with Crippen molar-refractivity contribution in [2.24, 2.45) is 0 Å². The molecule has 5 heteroatoms. The van der Waals surface area contributed by atoms with E-state index in [1.807, 2.05) is 0 Å². The van der Waals surface area contributed by atoms with Crippen LogP contribution in [0, 0.1) is 17.1 Å². The number of halogens is 2. The van der Waals surface area contributed by atoms with Crippen LogP contribution in [0.2, 0.25) is 5.02 Å². The summed E-state index contributed by atoms with van der Waals surface area (Å²) in [6, 6.07) is 6.28. The third kappa shape index (κ3) is 2.40. The Balaban J connectivity index is 2.44. The molecule has 3 nitrogen and oxygen atoms in total. The fraction of sp³-hybridized carbons (Fsp3) is 0.0833. The smallest absolute Gasteiger partial charge is 0.141 e. The first-order valence-electron chi connectivity index (χ1n) is 4.83. The number of nitrogens with zero attached hydrogens (tertiary/aromatic N) is 3. The van der Waals surface area contributed by atoms with Crippen molar-refractivity contribution < 1.29 is 4.39 Å². The van der Waals surface area contributed by atoms with Crippen LogP contribution in [0.5, 0.6) is 0 Å². The summed E-state index contributed by atoms with van der Waals surface area (Å²) in [6.07, 6.45) is 4.53. The van der Waals surface area contributed by atoms with E-state index in [0.717, 1.165) is 0 Å². The molecule has 2 aromatic rings. The van der Waals surface area contributed by atoms with Crippen molar-refractivity contribution in [2.45, 2.75) is 5.92 Å². The normalized spacial score (nSPS) is 11.8. The number of aromatic nitrogens is 2. The van der Waals surface area contributed by atoms with E-state index < -0.39 is 11.7 Å². The molecule has 0 spiro atoms. The van der Waals surface area contributed by atoms with Gasteiger partial charge in [-0.2, -0.15) is 5.26 Å². The summed E-state index contributed by atoms with van der Waals surface area (Å²) in [6.45, 7) is 0. The van der Waals surface area contributed by atoms with E-state index in [4.69, 9.17) is 16.9 Å². The molecule has 0 aliphatic carbocycles. The van der Waals surface area contributed by atoms with Crippen LogP contribution in [0.1, 0.15) is 17.2 Å². The quantitative estimate of drug-likeness (QED) is 0.820. The molecular formula is C12H7ClFN3. The van der Waals surface area contributed by atoms with Gasteiger partial charge in [-0.15, -0.1) is 0 Å². The van der Waals surface area contributed by atoms with Crippen molar-refractivity contribution in [1.82, 2.24) is 9.97 Å². The van der Waals surface area contributed by atoms with E-state index in [0.29, 0.717) is 11.3 Å². The lowest BCUT2D eigenvalue weighted by atomic mass is 9.97. The maximum Gasteiger partial charge on any atom is 0.141 e. The summed E-state index contributed by atoms with van der Waals surface area (Å²) in [7, 11) is 0. The fourth-order valence-corrected chi connectivity index (χ4v) is 1.65. The zero-order valence-electron chi connectivity index (χ0n) is 8.64. The molecule has 0 aliphatic rings. The highest BCUT2D eigenvalue weighted by Crippen LogP contribution is 2.25. The molecule has 0 saturated carbocycles. The van der Waals surface area contributed by atoms with E-state index >= 15 is 0 Å². The molecule has 0 saturated heterocycles. The first-order valence-corrected chi connectivity index (χ1v) is 5.20. The Labute approximate surface area is 103 Å². The summed E-state index contributed by atoms with van der Waals surface area (Å²) < 4.78 is 13.0. The van der Waals surface area contributed by atoms with Crippen LogP contribution in [0.3, 0.4) is 0 Å². The van der Waals surface area contributed by atoms with E-state index in [-0.39, 0.29) is 5.02 Å². The van der Waals surface area contributed by atoms with Crippen LogP contribution in [0.4, 0.5) is 4.39 Å². The molecule has 1 heterocycles. The minimum absolute atomic E-state index is 0.00774. The van der Waals surface area contributed by atoms with Crippen LogP contribution < -0.4 is 0 Å². The van der Waals surface area contributed by atoms with E-state index in [9.17, 15) is 4.39 Å². The lowest BCUT2D eigenvalue weighted by molar-refractivity contribution is 0.627. The number of nitriles is 1. The van der Waals surface area contributed by atoms with Gasteiger partial charge in [0.25, 0.3) is 0 Å². The molecule has 1 aromatic carbocycles. The SMILES string of the molecule is N#CC(c1ccc(F)c(Cl)c1)c1cnccn1. The Hall–Kier alpha value is -1.99. The van der Waals surface area contributed by atoms with Gasteiger partial charge in [-0.25, -0.2) is 4.39 Å². The Morgan fingerprint density at radius 1 is 1.35 bits per heavy atom. The predicted molar refractivity (Wildman–Crippen MR) is 60.9 cm³/mol. The Morgan fingerprint density at radius 3 is 2.76 bits per heavy atom. The topological polar surface area (TPSA) is 49.6 Å². The fourth-order valence-electron chi connectivity index (χ4n) is 1.46. The number of rotatable bonds is 2. The van der Waals surface area contributed by atoms with E-state index in [1.54, 1.807) is 0 Å². The van der Waals surface area contributed by atoms with Crippen LogP contribution in [-0.2, 0) is 0 Å². The summed E-state index contributed by atoms with van der Waals surface area (Å²) in [5, 5.41) is 9.13. The lowest BCUT2D eigenvalue weighted by Crippen LogP contribution is -2.01. The summed E-state index contributed by atoms with van der Waals surface area (Å²) in [5.41, 5.74) is 1.11. The monoisotopic (exact) mass is 247 g/mol. The molecule has 1 unspecified atom stereocenters. The second-order valence-corrected chi connectivity index (χ2v) is 3.77. The molecule has 0 radical (unpaired) electrons. The van der Waals surface area contributed by atoms with Gasteiger partial charge in [0.05, 0.1) is 23.0 Å². The van der Waals surface area contributed by atoms with Crippen LogP contribution in [0.15, 0.2) is 36.8 Å². The third-order valence-electron chi connectivity index (χ3n) is 2.29. The highest BCUT2D eigenvalue weighted by molar-refractivity contribution is 6.30. The van der Waals surface area contributed by atoms with Gasteiger partial charge in [-0.3, -0.25) is 9.97 Å². The van der Waals surface area contributed by atoms with Gasteiger partial charge in [-0.05, 0) is 17.7 Å². The highest BCUT2D eigenvalue weighted by atomic mass is 35.5.